The number of benzene rings is 2. The van der Waals surface area contributed by atoms with E-state index in [2.05, 4.69) is 46.8 Å². The zero-order chi connectivity index (χ0) is 19.2. The summed E-state index contributed by atoms with van der Waals surface area (Å²) in [4.78, 5) is 27.9. The molecule has 0 atom stereocenters. The molecule has 1 amide bonds. The van der Waals surface area contributed by atoms with Crippen LogP contribution < -0.4 is 10.6 Å². The number of hydrogen-bond donors (Lipinski definition) is 2. The van der Waals surface area contributed by atoms with Crippen molar-refractivity contribution in [2.24, 2.45) is 0 Å². The van der Waals surface area contributed by atoms with Crippen molar-refractivity contribution < 1.29 is 9.59 Å². The standard InChI is InChI=1S/C22H21N3O2/c1-15-3-5-17(6-4-15)14-24-20-11-12-23-21(13-20)22(27)25-19-9-7-18(8-10-19)16(2)26/h3-13H,14H2,1-2H3,(H,23,24)(H,25,27). The molecule has 2 aromatic carbocycles. The highest BCUT2D eigenvalue weighted by Gasteiger charge is 2.09. The third-order valence-electron chi connectivity index (χ3n) is 4.16. The lowest BCUT2D eigenvalue weighted by molar-refractivity contribution is 0.101. The van der Waals surface area contributed by atoms with Gasteiger partial charge in [-0.15, -0.1) is 0 Å². The van der Waals surface area contributed by atoms with Crippen LogP contribution in [0.4, 0.5) is 11.4 Å². The second-order valence-corrected chi connectivity index (χ2v) is 6.36. The number of carbonyl (C=O) groups is 2. The van der Waals surface area contributed by atoms with Crippen molar-refractivity contribution in [1.82, 2.24) is 4.98 Å². The number of nitrogens with one attached hydrogen (secondary N) is 2. The largest absolute Gasteiger partial charge is 0.381 e. The molecule has 136 valence electrons. The normalized spacial score (nSPS) is 10.3. The predicted octanol–water partition coefficient (Wildman–Crippen LogP) is 4.46. The van der Waals surface area contributed by atoms with Crippen LogP contribution in [-0.4, -0.2) is 16.7 Å². The smallest absolute Gasteiger partial charge is 0.274 e. The summed E-state index contributed by atoms with van der Waals surface area (Å²) in [6.07, 6.45) is 1.60. The summed E-state index contributed by atoms with van der Waals surface area (Å²) in [5, 5.41) is 6.09. The molecule has 0 aliphatic carbocycles. The van der Waals surface area contributed by atoms with E-state index in [1.54, 1.807) is 36.5 Å². The van der Waals surface area contributed by atoms with Gasteiger partial charge in [-0.2, -0.15) is 0 Å². The quantitative estimate of drug-likeness (QED) is 0.638. The average molecular weight is 359 g/mol. The van der Waals surface area contributed by atoms with E-state index in [1.165, 1.54) is 12.5 Å². The Bertz CT molecular complexity index is 948. The summed E-state index contributed by atoms with van der Waals surface area (Å²) in [7, 11) is 0. The first-order valence-electron chi connectivity index (χ1n) is 8.69. The van der Waals surface area contributed by atoms with Crippen LogP contribution in [0.3, 0.4) is 0 Å². The van der Waals surface area contributed by atoms with Crippen molar-refractivity contribution in [3.63, 3.8) is 0 Å². The van der Waals surface area contributed by atoms with Crippen molar-refractivity contribution in [3.8, 4) is 0 Å². The van der Waals surface area contributed by atoms with Crippen LogP contribution in [0.5, 0.6) is 0 Å². The molecule has 0 fully saturated rings. The molecule has 27 heavy (non-hydrogen) atoms. The highest BCUT2D eigenvalue weighted by Crippen LogP contribution is 2.14. The number of anilines is 2. The van der Waals surface area contributed by atoms with Crippen LogP contribution in [-0.2, 0) is 6.54 Å². The molecule has 3 rings (SSSR count). The summed E-state index contributed by atoms with van der Waals surface area (Å²) in [5.74, 6) is -0.313. The minimum atomic E-state index is -0.301. The van der Waals surface area contributed by atoms with E-state index in [-0.39, 0.29) is 11.7 Å². The molecular formula is C22H21N3O2. The van der Waals surface area contributed by atoms with Gasteiger partial charge in [0.25, 0.3) is 5.91 Å². The van der Waals surface area contributed by atoms with Crippen molar-refractivity contribution in [2.75, 3.05) is 10.6 Å². The number of rotatable bonds is 6. The number of nitrogens with zero attached hydrogens (tertiary/aromatic N) is 1. The number of pyridine rings is 1. The average Bonchev–Trinajstić information content (AvgIpc) is 2.68. The van der Waals surface area contributed by atoms with Gasteiger partial charge in [0.15, 0.2) is 5.78 Å². The summed E-state index contributed by atoms with van der Waals surface area (Å²) < 4.78 is 0. The second-order valence-electron chi connectivity index (χ2n) is 6.36. The second kappa shape index (κ2) is 8.27. The third kappa shape index (κ3) is 5.01. The van der Waals surface area contributed by atoms with E-state index in [9.17, 15) is 9.59 Å². The van der Waals surface area contributed by atoms with Crippen LogP contribution in [0.15, 0.2) is 66.9 Å². The van der Waals surface area contributed by atoms with Crippen molar-refractivity contribution in [1.29, 1.82) is 0 Å². The molecule has 0 aliphatic heterocycles. The summed E-state index contributed by atoms with van der Waals surface area (Å²) in [6, 6.07) is 18.6. The van der Waals surface area contributed by atoms with Gasteiger partial charge in [0.05, 0.1) is 0 Å². The van der Waals surface area contributed by atoms with Gasteiger partial charge >= 0.3 is 0 Å². The molecule has 0 unspecified atom stereocenters. The van der Waals surface area contributed by atoms with Gasteiger partial charge in [0.2, 0.25) is 0 Å². The molecule has 0 saturated carbocycles. The van der Waals surface area contributed by atoms with Crippen LogP contribution in [0.2, 0.25) is 0 Å². The maximum absolute atomic E-state index is 12.4. The van der Waals surface area contributed by atoms with Crippen LogP contribution in [0.1, 0.15) is 38.9 Å². The fourth-order valence-corrected chi connectivity index (χ4v) is 2.56. The monoisotopic (exact) mass is 359 g/mol. The Morgan fingerprint density at radius 1 is 0.926 bits per heavy atom. The lowest BCUT2D eigenvalue weighted by atomic mass is 10.1. The van der Waals surface area contributed by atoms with Crippen LogP contribution in [0.25, 0.3) is 0 Å². The number of aryl methyl sites for hydroxylation is 1. The third-order valence-corrected chi connectivity index (χ3v) is 4.16. The van der Waals surface area contributed by atoms with Gasteiger partial charge in [0.1, 0.15) is 5.69 Å². The SMILES string of the molecule is CC(=O)c1ccc(NC(=O)c2cc(NCc3ccc(C)cc3)ccn2)cc1. The number of amides is 1. The van der Waals surface area contributed by atoms with Crippen molar-refractivity contribution in [2.45, 2.75) is 20.4 Å². The van der Waals surface area contributed by atoms with Crippen molar-refractivity contribution in [3.05, 3.63) is 89.2 Å². The highest BCUT2D eigenvalue weighted by molar-refractivity contribution is 6.03. The van der Waals surface area contributed by atoms with E-state index < -0.39 is 0 Å². The minimum Gasteiger partial charge on any atom is -0.381 e. The lowest BCUT2D eigenvalue weighted by Crippen LogP contribution is -2.14. The molecule has 0 saturated heterocycles. The molecule has 3 aromatic rings. The highest BCUT2D eigenvalue weighted by atomic mass is 16.2. The van der Waals surface area contributed by atoms with Gasteiger partial charge in [-0.25, -0.2) is 0 Å². The van der Waals surface area contributed by atoms with E-state index in [1.807, 2.05) is 6.07 Å². The molecule has 5 heteroatoms. The number of hydrogen-bond acceptors (Lipinski definition) is 4. The Labute approximate surface area is 158 Å². The molecule has 1 aromatic heterocycles. The Morgan fingerprint density at radius 3 is 2.30 bits per heavy atom. The first-order chi connectivity index (χ1) is 13.0. The molecule has 1 heterocycles. The molecule has 0 bridgehead atoms. The molecule has 2 N–H and O–H groups in total. The van der Waals surface area contributed by atoms with Crippen molar-refractivity contribution >= 4 is 23.1 Å². The summed E-state index contributed by atoms with van der Waals surface area (Å²) in [6.45, 7) is 4.23. The molecular weight excluding hydrogens is 338 g/mol. The Hall–Kier alpha value is -3.47. The van der Waals surface area contributed by atoms with E-state index in [4.69, 9.17) is 0 Å². The maximum atomic E-state index is 12.4. The van der Waals surface area contributed by atoms with Gasteiger partial charge in [-0.1, -0.05) is 29.8 Å². The fourth-order valence-electron chi connectivity index (χ4n) is 2.56. The Kier molecular flexibility index (Phi) is 5.61. The molecule has 0 spiro atoms. The fraction of sp³-hybridized carbons (Fsp3) is 0.136. The zero-order valence-electron chi connectivity index (χ0n) is 15.3. The van der Waals surface area contributed by atoms with Gasteiger partial charge in [-0.05, 0) is 55.8 Å². The number of Topliss-reactive ketones (excluding diaryl/α,β-unsaturated/α-hetero) is 1. The van der Waals surface area contributed by atoms with E-state index in [0.717, 1.165) is 11.3 Å². The molecule has 5 nitrogen and oxygen atoms in total. The van der Waals surface area contributed by atoms with Gasteiger partial charge in [-0.3, -0.25) is 14.6 Å². The Balaban J connectivity index is 1.64. The first kappa shape index (κ1) is 18.3. The summed E-state index contributed by atoms with van der Waals surface area (Å²) >= 11 is 0. The molecule has 0 aliphatic rings. The van der Waals surface area contributed by atoms with E-state index >= 15 is 0 Å². The lowest BCUT2D eigenvalue weighted by Gasteiger charge is -2.09. The molecule has 0 radical (unpaired) electrons. The summed E-state index contributed by atoms with van der Waals surface area (Å²) in [5.41, 5.74) is 4.74. The van der Waals surface area contributed by atoms with Gasteiger partial charge in [0, 0.05) is 29.7 Å². The minimum absolute atomic E-state index is 0.0121. The predicted molar refractivity (Wildman–Crippen MR) is 107 cm³/mol. The van der Waals surface area contributed by atoms with Crippen LogP contribution >= 0.6 is 0 Å². The zero-order valence-corrected chi connectivity index (χ0v) is 15.3. The van der Waals surface area contributed by atoms with Crippen LogP contribution in [0, 0.1) is 6.92 Å². The number of carbonyl (C=O) groups excluding carboxylic acids is 2. The maximum Gasteiger partial charge on any atom is 0.274 e. The number of ketones is 1. The Morgan fingerprint density at radius 2 is 1.63 bits per heavy atom. The van der Waals surface area contributed by atoms with E-state index in [0.29, 0.717) is 23.5 Å². The first-order valence-corrected chi connectivity index (χ1v) is 8.69. The van der Waals surface area contributed by atoms with Gasteiger partial charge < -0.3 is 10.6 Å². The topological polar surface area (TPSA) is 71.1 Å². The number of aromatic nitrogens is 1.